The molecule has 0 N–H and O–H groups in total. The largest absolute Gasteiger partial charge is 0.341 e. The fourth-order valence-electron chi connectivity index (χ4n) is 3.03. The second-order valence-corrected chi connectivity index (χ2v) is 6.20. The monoisotopic (exact) mass is 322 g/mol. The molecule has 0 aliphatic carbocycles. The van der Waals surface area contributed by atoms with E-state index in [1.54, 1.807) is 17.3 Å². The van der Waals surface area contributed by atoms with E-state index in [0.717, 1.165) is 22.2 Å². The van der Waals surface area contributed by atoms with E-state index in [1.807, 2.05) is 56.1 Å². The zero-order valence-corrected chi connectivity index (χ0v) is 14.3. The van der Waals surface area contributed by atoms with Crippen LogP contribution in [0.2, 0.25) is 0 Å². The van der Waals surface area contributed by atoms with Crippen LogP contribution >= 0.6 is 0 Å². The number of nitrogens with zero attached hydrogens (tertiary/aromatic N) is 4. The Labute approximate surface area is 142 Å². The standard InChI is InChI=1S/C19H22N4O/c1-14(23-10-9-21-15(23)2)11-19(24)22(3)13-17-6-4-5-16-12-20-8-7-18(16)17/h4-10,12,14H,11,13H2,1-3H3. The fourth-order valence-corrected chi connectivity index (χ4v) is 3.03. The Morgan fingerprint density at radius 1 is 1.29 bits per heavy atom. The van der Waals surface area contributed by atoms with Crippen molar-refractivity contribution in [3.05, 3.63) is 60.4 Å². The van der Waals surface area contributed by atoms with Crippen LogP contribution in [0.4, 0.5) is 0 Å². The average molecular weight is 322 g/mol. The van der Waals surface area contributed by atoms with Gasteiger partial charge in [0.05, 0.1) is 0 Å². The number of hydrogen-bond donors (Lipinski definition) is 0. The number of benzene rings is 1. The molecule has 0 aliphatic rings. The van der Waals surface area contributed by atoms with Gasteiger partial charge in [0.2, 0.25) is 5.91 Å². The van der Waals surface area contributed by atoms with E-state index in [2.05, 4.69) is 16.0 Å². The first-order chi connectivity index (χ1) is 11.6. The lowest BCUT2D eigenvalue weighted by Gasteiger charge is -2.21. The maximum Gasteiger partial charge on any atom is 0.224 e. The second kappa shape index (κ2) is 6.83. The Balaban J connectivity index is 1.71. The zero-order chi connectivity index (χ0) is 17.1. The maximum absolute atomic E-state index is 12.6. The van der Waals surface area contributed by atoms with Gasteiger partial charge in [-0.15, -0.1) is 0 Å². The maximum atomic E-state index is 12.6. The van der Waals surface area contributed by atoms with Gasteiger partial charge in [0, 0.05) is 56.2 Å². The Kier molecular flexibility index (Phi) is 4.60. The lowest BCUT2D eigenvalue weighted by atomic mass is 10.1. The SMILES string of the molecule is Cc1nccn1C(C)CC(=O)N(C)Cc1cccc2cnccc12. The highest BCUT2D eigenvalue weighted by molar-refractivity contribution is 5.85. The van der Waals surface area contributed by atoms with Gasteiger partial charge in [-0.2, -0.15) is 0 Å². The second-order valence-electron chi connectivity index (χ2n) is 6.20. The lowest BCUT2D eigenvalue weighted by molar-refractivity contribution is -0.131. The molecule has 2 aromatic heterocycles. The first-order valence-electron chi connectivity index (χ1n) is 8.11. The van der Waals surface area contributed by atoms with Crippen LogP contribution in [-0.2, 0) is 11.3 Å². The number of aromatic nitrogens is 3. The molecule has 1 unspecified atom stereocenters. The number of fused-ring (bicyclic) bond motifs is 1. The number of amides is 1. The van der Waals surface area contributed by atoms with Crippen LogP contribution in [-0.4, -0.2) is 32.4 Å². The van der Waals surface area contributed by atoms with E-state index in [1.165, 1.54) is 0 Å². The molecule has 5 heteroatoms. The average Bonchev–Trinajstić information content (AvgIpc) is 3.01. The van der Waals surface area contributed by atoms with Gasteiger partial charge in [-0.25, -0.2) is 4.98 Å². The highest BCUT2D eigenvalue weighted by Gasteiger charge is 2.16. The smallest absolute Gasteiger partial charge is 0.224 e. The molecule has 0 spiro atoms. The van der Waals surface area contributed by atoms with Gasteiger partial charge in [0.25, 0.3) is 0 Å². The van der Waals surface area contributed by atoms with Gasteiger partial charge >= 0.3 is 0 Å². The summed E-state index contributed by atoms with van der Waals surface area (Å²) in [6, 6.07) is 8.21. The van der Waals surface area contributed by atoms with Crippen molar-refractivity contribution in [3.63, 3.8) is 0 Å². The molecule has 2 heterocycles. The number of pyridine rings is 1. The minimum atomic E-state index is 0.0965. The van der Waals surface area contributed by atoms with Crippen molar-refractivity contribution < 1.29 is 4.79 Å². The van der Waals surface area contributed by atoms with Crippen molar-refractivity contribution in [2.24, 2.45) is 0 Å². The predicted molar refractivity (Wildman–Crippen MR) is 94.5 cm³/mol. The van der Waals surface area contributed by atoms with Crippen LogP contribution in [0.1, 0.15) is 30.8 Å². The molecule has 1 atom stereocenters. The summed E-state index contributed by atoms with van der Waals surface area (Å²) in [4.78, 5) is 22.7. The van der Waals surface area contributed by atoms with Crippen LogP contribution in [0.15, 0.2) is 49.1 Å². The molecule has 3 aromatic rings. The molecular weight excluding hydrogens is 300 g/mol. The molecule has 1 amide bonds. The number of hydrogen-bond acceptors (Lipinski definition) is 3. The Morgan fingerprint density at radius 3 is 2.88 bits per heavy atom. The zero-order valence-electron chi connectivity index (χ0n) is 14.3. The fraction of sp³-hybridized carbons (Fsp3) is 0.316. The molecule has 0 saturated carbocycles. The lowest BCUT2D eigenvalue weighted by Crippen LogP contribution is -2.28. The topological polar surface area (TPSA) is 51.0 Å². The Morgan fingerprint density at radius 2 is 2.12 bits per heavy atom. The molecule has 5 nitrogen and oxygen atoms in total. The molecule has 1 aromatic carbocycles. The predicted octanol–water partition coefficient (Wildman–Crippen LogP) is 3.35. The van der Waals surface area contributed by atoms with Gasteiger partial charge in [-0.05, 0) is 30.9 Å². The van der Waals surface area contributed by atoms with E-state index >= 15 is 0 Å². The molecule has 0 radical (unpaired) electrons. The molecule has 124 valence electrons. The summed E-state index contributed by atoms with van der Waals surface area (Å²) in [5.74, 6) is 1.06. The molecule has 0 bridgehead atoms. The molecule has 0 fully saturated rings. The number of aryl methyl sites for hydroxylation is 1. The summed E-state index contributed by atoms with van der Waals surface area (Å²) >= 11 is 0. The van der Waals surface area contributed by atoms with Gasteiger partial charge in [-0.3, -0.25) is 9.78 Å². The van der Waals surface area contributed by atoms with E-state index in [-0.39, 0.29) is 11.9 Å². The third-order valence-electron chi connectivity index (χ3n) is 4.41. The van der Waals surface area contributed by atoms with Crippen molar-refractivity contribution in [2.45, 2.75) is 32.9 Å². The quantitative estimate of drug-likeness (QED) is 0.724. The van der Waals surface area contributed by atoms with Crippen LogP contribution in [0, 0.1) is 6.92 Å². The van der Waals surface area contributed by atoms with Gasteiger partial charge in [0.1, 0.15) is 5.82 Å². The van der Waals surface area contributed by atoms with Crippen molar-refractivity contribution in [1.29, 1.82) is 0 Å². The van der Waals surface area contributed by atoms with Crippen molar-refractivity contribution in [2.75, 3.05) is 7.05 Å². The number of rotatable bonds is 5. The van der Waals surface area contributed by atoms with Gasteiger partial charge in [-0.1, -0.05) is 18.2 Å². The van der Waals surface area contributed by atoms with Crippen molar-refractivity contribution in [1.82, 2.24) is 19.4 Å². The third-order valence-corrected chi connectivity index (χ3v) is 4.41. The highest BCUT2D eigenvalue weighted by Crippen LogP contribution is 2.20. The first-order valence-corrected chi connectivity index (χ1v) is 8.11. The molecule has 24 heavy (non-hydrogen) atoms. The molecule has 3 rings (SSSR count). The number of imidazole rings is 1. The summed E-state index contributed by atoms with van der Waals surface area (Å²) in [6.45, 7) is 4.59. The van der Waals surface area contributed by atoms with E-state index in [4.69, 9.17) is 0 Å². The Bertz CT molecular complexity index is 850. The minimum Gasteiger partial charge on any atom is -0.341 e. The molecule has 0 saturated heterocycles. The van der Waals surface area contributed by atoms with Crippen molar-refractivity contribution in [3.8, 4) is 0 Å². The highest BCUT2D eigenvalue weighted by atomic mass is 16.2. The minimum absolute atomic E-state index is 0.0965. The van der Waals surface area contributed by atoms with Gasteiger partial charge < -0.3 is 9.47 Å². The third kappa shape index (κ3) is 3.30. The van der Waals surface area contributed by atoms with Gasteiger partial charge in [0.15, 0.2) is 0 Å². The number of carbonyl (C=O) groups excluding carboxylic acids is 1. The summed E-state index contributed by atoms with van der Waals surface area (Å²) in [5, 5.41) is 2.24. The number of carbonyl (C=O) groups is 1. The van der Waals surface area contributed by atoms with Crippen LogP contribution in [0.25, 0.3) is 10.8 Å². The summed E-state index contributed by atoms with van der Waals surface area (Å²) < 4.78 is 2.04. The van der Waals surface area contributed by atoms with Crippen molar-refractivity contribution >= 4 is 16.7 Å². The molecular formula is C19H22N4O. The van der Waals surface area contributed by atoms with E-state index in [9.17, 15) is 4.79 Å². The van der Waals surface area contributed by atoms with E-state index < -0.39 is 0 Å². The van der Waals surface area contributed by atoms with Crippen LogP contribution in [0.5, 0.6) is 0 Å². The summed E-state index contributed by atoms with van der Waals surface area (Å²) in [6.07, 6.45) is 7.79. The van der Waals surface area contributed by atoms with Crippen LogP contribution in [0.3, 0.4) is 0 Å². The summed E-state index contributed by atoms with van der Waals surface area (Å²) in [7, 11) is 1.86. The summed E-state index contributed by atoms with van der Waals surface area (Å²) in [5.41, 5.74) is 1.14. The van der Waals surface area contributed by atoms with E-state index in [0.29, 0.717) is 13.0 Å². The first kappa shape index (κ1) is 16.2. The van der Waals surface area contributed by atoms with Crippen LogP contribution < -0.4 is 0 Å². The molecule has 0 aliphatic heterocycles. The Hall–Kier alpha value is -2.69. The normalized spacial score (nSPS) is 12.3.